The van der Waals surface area contributed by atoms with E-state index in [1.54, 1.807) is 0 Å². The smallest absolute Gasteiger partial charge is 0.312 e. The number of halogens is 4. The van der Waals surface area contributed by atoms with Crippen molar-refractivity contribution in [3.8, 4) is 0 Å². The minimum Gasteiger partial charge on any atom is -0.312 e. The second kappa shape index (κ2) is 6.39. The molecule has 0 amide bonds. The van der Waals surface area contributed by atoms with Crippen molar-refractivity contribution in [3.05, 3.63) is 47.3 Å². The van der Waals surface area contributed by atoms with Crippen molar-refractivity contribution >= 4 is 0 Å². The highest BCUT2D eigenvalue weighted by atomic mass is 19.4. The van der Waals surface area contributed by atoms with Crippen molar-refractivity contribution in [1.29, 1.82) is 0 Å². The van der Waals surface area contributed by atoms with Crippen molar-refractivity contribution in [3.63, 3.8) is 0 Å². The first-order chi connectivity index (χ1) is 9.47. The molecule has 2 rings (SSSR count). The Morgan fingerprint density at radius 3 is 2.65 bits per heavy atom. The fourth-order valence-electron chi connectivity index (χ4n) is 2.42. The van der Waals surface area contributed by atoms with Crippen LogP contribution in [0.4, 0.5) is 17.6 Å². The van der Waals surface area contributed by atoms with E-state index in [1.807, 2.05) is 0 Å². The van der Waals surface area contributed by atoms with Crippen molar-refractivity contribution in [2.45, 2.75) is 32.0 Å². The predicted molar refractivity (Wildman–Crippen MR) is 69.6 cm³/mol. The quantitative estimate of drug-likeness (QED) is 0.643. The van der Waals surface area contributed by atoms with Crippen LogP contribution in [0.1, 0.15) is 30.4 Å². The lowest BCUT2D eigenvalue weighted by Crippen LogP contribution is -2.24. The van der Waals surface area contributed by atoms with E-state index in [4.69, 9.17) is 0 Å². The molecule has 0 aromatic heterocycles. The third kappa shape index (κ3) is 4.07. The second-order valence-electron chi connectivity index (χ2n) is 5.08. The summed E-state index contributed by atoms with van der Waals surface area (Å²) < 4.78 is 51.4. The molecule has 5 heteroatoms. The van der Waals surface area contributed by atoms with Gasteiger partial charge in [0.25, 0.3) is 0 Å². The van der Waals surface area contributed by atoms with Crippen LogP contribution < -0.4 is 5.32 Å². The van der Waals surface area contributed by atoms with E-state index >= 15 is 0 Å². The maximum atomic E-state index is 13.0. The molecule has 20 heavy (non-hydrogen) atoms. The first-order valence-corrected chi connectivity index (χ1v) is 6.68. The Kier molecular flexibility index (Phi) is 4.81. The van der Waals surface area contributed by atoms with E-state index < -0.39 is 17.6 Å². The summed E-state index contributed by atoms with van der Waals surface area (Å²) in [5, 5.41) is 3.05. The number of nitrogens with one attached hydrogen (secondary N) is 1. The molecule has 0 saturated carbocycles. The zero-order valence-corrected chi connectivity index (χ0v) is 11.0. The Hall–Kier alpha value is -1.36. The Balaban J connectivity index is 1.97. The van der Waals surface area contributed by atoms with Crippen molar-refractivity contribution < 1.29 is 17.6 Å². The van der Waals surface area contributed by atoms with Crippen molar-refractivity contribution in [2.75, 3.05) is 6.54 Å². The highest BCUT2D eigenvalue weighted by molar-refractivity contribution is 5.30. The summed E-state index contributed by atoms with van der Waals surface area (Å²) in [4.78, 5) is 0. The molecule has 1 nitrogen and oxygen atoms in total. The van der Waals surface area contributed by atoms with Gasteiger partial charge in [0.05, 0.1) is 5.56 Å². The fourth-order valence-corrected chi connectivity index (χ4v) is 2.42. The lowest BCUT2D eigenvalue weighted by molar-refractivity contribution is -0.138. The summed E-state index contributed by atoms with van der Waals surface area (Å²) in [6, 6.07) is 2.82. The largest absolute Gasteiger partial charge is 0.416 e. The average molecular weight is 287 g/mol. The van der Waals surface area contributed by atoms with Crippen molar-refractivity contribution in [2.24, 2.45) is 5.92 Å². The zero-order valence-electron chi connectivity index (χ0n) is 11.0. The highest BCUT2D eigenvalue weighted by Crippen LogP contribution is 2.32. The SMILES string of the molecule is Fc1ccc(CNCC2CC=CCC2)c(C(F)(F)F)c1. The number of hydrogen-bond donors (Lipinski definition) is 1. The molecule has 0 aliphatic heterocycles. The van der Waals surface area contributed by atoms with Crippen LogP contribution in [-0.4, -0.2) is 6.54 Å². The lowest BCUT2D eigenvalue weighted by atomic mass is 9.94. The van der Waals surface area contributed by atoms with E-state index in [1.165, 1.54) is 6.07 Å². The molecule has 1 aliphatic carbocycles. The number of allylic oxidation sites excluding steroid dienone is 2. The van der Waals surface area contributed by atoms with Gasteiger partial charge in [-0.15, -0.1) is 0 Å². The maximum Gasteiger partial charge on any atom is 0.416 e. The zero-order chi connectivity index (χ0) is 14.6. The Morgan fingerprint density at radius 1 is 1.20 bits per heavy atom. The van der Waals surface area contributed by atoms with Crippen molar-refractivity contribution in [1.82, 2.24) is 5.32 Å². The van der Waals surface area contributed by atoms with E-state index in [-0.39, 0.29) is 12.1 Å². The summed E-state index contributed by atoms with van der Waals surface area (Å²) >= 11 is 0. The molecule has 110 valence electrons. The van der Waals surface area contributed by atoms with Crippen LogP contribution in [0.5, 0.6) is 0 Å². The van der Waals surface area contributed by atoms with Gasteiger partial charge in [-0.25, -0.2) is 4.39 Å². The third-order valence-corrected chi connectivity index (χ3v) is 3.50. The molecule has 1 aromatic carbocycles. The summed E-state index contributed by atoms with van der Waals surface area (Å²) in [6.45, 7) is 0.786. The Morgan fingerprint density at radius 2 is 2.00 bits per heavy atom. The minimum atomic E-state index is -4.52. The Bertz CT molecular complexity index is 479. The van der Waals surface area contributed by atoms with Gasteiger partial charge >= 0.3 is 6.18 Å². The molecular formula is C15H17F4N. The van der Waals surface area contributed by atoms with Crippen LogP contribution >= 0.6 is 0 Å². The highest BCUT2D eigenvalue weighted by Gasteiger charge is 2.33. The van der Waals surface area contributed by atoms with Crippen LogP contribution in [-0.2, 0) is 12.7 Å². The predicted octanol–water partition coefficient (Wildman–Crippen LogP) is 4.29. The van der Waals surface area contributed by atoms with Gasteiger partial charge in [0.1, 0.15) is 5.82 Å². The van der Waals surface area contributed by atoms with E-state index in [2.05, 4.69) is 17.5 Å². The van der Waals surface area contributed by atoms with Gasteiger partial charge in [0.2, 0.25) is 0 Å². The van der Waals surface area contributed by atoms with Gasteiger partial charge < -0.3 is 5.32 Å². The van der Waals surface area contributed by atoms with Gasteiger partial charge in [-0.05, 0) is 49.4 Å². The van der Waals surface area contributed by atoms with Crippen LogP contribution in [0.15, 0.2) is 30.4 Å². The normalized spacial score (nSPS) is 19.3. The molecule has 1 N–H and O–H groups in total. The second-order valence-corrected chi connectivity index (χ2v) is 5.08. The molecule has 0 radical (unpaired) electrons. The number of benzene rings is 1. The average Bonchev–Trinajstić information content (AvgIpc) is 2.40. The molecule has 0 spiro atoms. The van der Waals surface area contributed by atoms with Gasteiger partial charge in [-0.1, -0.05) is 18.2 Å². The van der Waals surface area contributed by atoms with Gasteiger partial charge in [0, 0.05) is 6.54 Å². The number of alkyl halides is 3. The number of rotatable bonds is 4. The monoisotopic (exact) mass is 287 g/mol. The van der Waals surface area contributed by atoms with Crippen LogP contribution in [0.3, 0.4) is 0 Å². The van der Waals surface area contributed by atoms with Gasteiger partial charge in [-0.3, -0.25) is 0 Å². The van der Waals surface area contributed by atoms with E-state index in [0.29, 0.717) is 18.5 Å². The van der Waals surface area contributed by atoms with Crippen LogP contribution in [0.2, 0.25) is 0 Å². The first kappa shape index (κ1) is 15.0. The summed E-state index contributed by atoms with van der Waals surface area (Å²) in [7, 11) is 0. The molecule has 1 atom stereocenters. The molecule has 1 aromatic rings. The van der Waals surface area contributed by atoms with E-state index in [0.717, 1.165) is 25.3 Å². The standard InChI is InChI=1S/C15H17F4N/c16-13-7-6-12(14(8-13)15(17,18)19)10-20-9-11-4-2-1-3-5-11/h1-2,6-8,11,20H,3-5,9-10H2. The fraction of sp³-hybridized carbons (Fsp3) is 0.467. The molecule has 1 aliphatic rings. The molecule has 0 fully saturated rings. The molecule has 0 heterocycles. The third-order valence-electron chi connectivity index (χ3n) is 3.50. The molecule has 0 saturated heterocycles. The van der Waals surface area contributed by atoms with Crippen LogP contribution in [0, 0.1) is 11.7 Å². The summed E-state index contributed by atoms with van der Waals surface area (Å²) in [5.74, 6) is -0.395. The summed E-state index contributed by atoms with van der Waals surface area (Å²) in [5.41, 5.74) is -0.807. The van der Waals surface area contributed by atoms with E-state index in [9.17, 15) is 17.6 Å². The topological polar surface area (TPSA) is 12.0 Å². The molecule has 0 bridgehead atoms. The minimum absolute atomic E-state index is 0.0882. The van der Waals surface area contributed by atoms with Gasteiger partial charge in [-0.2, -0.15) is 13.2 Å². The number of hydrogen-bond acceptors (Lipinski definition) is 1. The lowest BCUT2D eigenvalue weighted by Gasteiger charge is -2.19. The van der Waals surface area contributed by atoms with Crippen LogP contribution in [0.25, 0.3) is 0 Å². The first-order valence-electron chi connectivity index (χ1n) is 6.68. The van der Waals surface area contributed by atoms with Gasteiger partial charge in [0.15, 0.2) is 0 Å². The Labute approximate surface area is 115 Å². The molecule has 1 unspecified atom stereocenters. The summed E-state index contributed by atoms with van der Waals surface area (Å²) in [6.07, 6.45) is 2.75. The molecular weight excluding hydrogens is 270 g/mol. The maximum absolute atomic E-state index is 13.0.